The maximum absolute atomic E-state index is 14.3. The predicted molar refractivity (Wildman–Crippen MR) is 126 cm³/mol. The van der Waals surface area contributed by atoms with Gasteiger partial charge >= 0.3 is 0 Å². The maximum Gasteiger partial charge on any atom is 0.219 e. The zero-order chi connectivity index (χ0) is 24.1. The van der Waals surface area contributed by atoms with Crippen LogP contribution in [-0.4, -0.2) is 30.0 Å². The second kappa shape index (κ2) is 10.6. The van der Waals surface area contributed by atoms with Gasteiger partial charge in [-0.1, -0.05) is 60.1 Å². The molecule has 2 atom stereocenters. The molecule has 4 nitrogen and oxygen atoms in total. The maximum atomic E-state index is 14.3. The summed E-state index contributed by atoms with van der Waals surface area (Å²) in [5, 5.41) is 0.578. The lowest BCUT2D eigenvalue weighted by atomic mass is 9.81. The zero-order valence-corrected chi connectivity index (χ0v) is 19.6. The highest BCUT2D eigenvalue weighted by Crippen LogP contribution is 2.40. The number of hydrogen-bond donors (Lipinski definition) is 0. The molecule has 1 amide bonds. The van der Waals surface area contributed by atoms with Crippen LogP contribution in [0.4, 0.5) is 8.78 Å². The normalized spacial score (nSPS) is 20.4. The lowest BCUT2D eigenvalue weighted by molar-refractivity contribution is -0.195. The molecule has 1 fully saturated rings. The van der Waals surface area contributed by atoms with Crippen LogP contribution in [0.25, 0.3) is 0 Å². The van der Waals surface area contributed by atoms with E-state index in [0.29, 0.717) is 24.6 Å². The van der Waals surface area contributed by atoms with Crippen molar-refractivity contribution in [3.05, 3.63) is 106 Å². The highest BCUT2D eigenvalue weighted by Gasteiger charge is 2.47. The van der Waals surface area contributed by atoms with Crippen LogP contribution in [0, 0.1) is 11.6 Å². The summed E-state index contributed by atoms with van der Waals surface area (Å²) in [7, 11) is 0. The van der Waals surface area contributed by atoms with Crippen molar-refractivity contribution in [3.63, 3.8) is 0 Å². The Hall–Kier alpha value is -2.80. The number of amides is 1. The van der Waals surface area contributed by atoms with Crippen LogP contribution < -0.4 is 0 Å². The third-order valence-corrected chi connectivity index (χ3v) is 6.52. The largest absolute Gasteiger partial charge is 0.368 e. The zero-order valence-electron chi connectivity index (χ0n) is 18.8. The molecule has 2 unspecified atom stereocenters. The van der Waals surface area contributed by atoms with Gasteiger partial charge in [-0.3, -0.25) is 4.79 Å². The summed E-state index contributed by atoms with van der Waals surface area (Å²) in [6, 6.07) is 20.7. The topological polar surface area (TPSA) is 38.8 Å². The van der Waals surface area contributed by atoms with Crippen molar-refractivity contribution in [2.45, 2.75) is 38.3 Å². The molecule has 1 aliphatic rings. The first-order chi connectivity index (χ1) is 16.4. The summed E-state index contributed by atoms with van der Waals surface area (Å²) in [5.74, 6) is -1.46. The van der Waals surface area contributed by atoms with Gasteiger partial charge in [-0.05, 0) is 35.4 Å². The first-order valence-corrected chi connectivity index (χ1v) is 11.5. The number of ether oxygens (including phenoxy) is 2. The van der Waals surface area contributed by atoms with Gasteiger partial charge in [-0.15, -0.1) is 0 Å². The molecular weight excluding hydrogens is 460 g/mol. The van der Waals surface area contributed by atoms with Crippen molar-refractivity contribution < 1.29 is 23.0 Å². The van der Waals surface area contributed by atoms with Crippen molar-refractivity contribution in [1.29, 1.82) is 0 Å². The molecular formula is C27H26ClF2NO3. The van der Waals surface area contributed by atoms with E-state index in [1.165, 1.54) is 25.1 Å². The Bertz CT molecular complexity index is 1110. The Kier molecular flexibility index (Phi) is 7.61. The van der Waals surface area contributed by atoms with E-state index >= 15 is 0 Å². The van der Waals surface area contributed by atoms with Crippen LogP contribution in [-0.2, 0) is 33.1 Å². The molecule has 0 aliphatic carbocycles. The first kappa shape index (κ1) is 24.3. The monoisotopic (exact) mass is 485 g/mol. The molecule has 0 saturated carbocycles. The van der Waals surface area contributed by atoms with Gasteiger partial charge in [0.05, 0.1) is 19.8 Å². The van der Waals surface area contributed by atoms with E-state index < -0.39 is 23.3 Å². The molecule has 1 saturated heterocycles. The predicted octanol–water partition coefficient (Wildman–Crippen LogP) is 5.87. The van der Waals surface area contributed by atoms with Gasteiger partial charge < -0.3 is 14.4 Å². The van der Waals surface area contributed by atoms with Gasteiger partial charge in [0, 0.05) is 30.5 Å². The molecule has 0 bridgehead atoms. The van der Waals surface area contributed by atoms with E-state index in [0.717, 1.165) is 11.1 Å². The Balaban J connectivity index is 1.70. The average molecular weight is 486 g/mol. The smallest absolute Gasteiger partial charge is 0.219 e. The van der Waals surface area contributed by atoms with Gasteiger partial charge in [-0.2, -0.15) is 0 Å². The van der Waals surface area contributed by atoms with E-state index in [1.54, 1.807) is 17.0 Å². The summed E-state index contributed by atoms with van der Waals surface area (Å²) in [5.41, 5.74) is 0.697. The number of rotatable bonds is 7. The second-order valence-electron chi connectivity index (χ2n) is 8.39. The molecule has 0 spiro atoms. The Labute approximate surface area is 203 Å². The molecule has 3 aromatic rings. The van der Waals surface area contributed by atoms with E-state index in [4.69, 9.17) is 21.1 Å². The number of likely N-dealkylation sites (tertiary alicyclic amines) is 1. The molecule has 34 heavy (non-hydrogen) atoms. The summed E-state index contributed by atoms with van der Waals surface area (Å²) >= 11 is 6.14. The standard InChI is InChI=1S/C27H26ClF2NO3/c1-19(32)31-15-14-27(21-10-12-22(28)13-11-21,34-17-20-6-3-2-4-7-20)26(16-31)33-18-23-24(29)8-5-9-25(23)30/h2-13,26H,14-18H2,1H3. The fraction of sp³-hybridized carbons (Fsp3) is 0.296. The highest BCUT2D eigenvalue weighted by atomic mass is 35.5. The second-order valence-corrected chi connectivity index (χ2v) is 8.82. The van der Waals surface area contributed by atoms with Crippen LogP contribution in [0.1, 0.15) is 30.0 Å². The van der Waals surface area contributed by atoms with Crippen LogP contribution in [0.15, 0.2) is 72.8 Å². The minimum absolute atomic E-state index is 0.0987. The molecule has 3 aromatic carbocycles. The van der Waals surface area contributed by atoms with Gasteiger partial charge in [0.2, 0.25) is 5.91 Å². The molecule has 7 heteroatoms. The van der Waals surface area contributed by atoms with E-state index in [2.05, 4.69) is 0 Å². The van der Waals surface area contributed by atoms with Crippen molar-refractivity contribution in [2.24, 2.45) is 0 Å². The van der Waals surface area contributed by atoms with Crippen molar-refractivity contribution in [2.75, 3.05) is 13.1 Å². The molecule has 0 aromatic heterocycles. The lowest BCUT2D eigenvalue weighted by Crippen LogP contribution is -2.56. The molecule has 0 N–H and O–H groups in total. The summed E-state index contributed by atoms with van der Waals surface area (Å²) in [6.07, 6.45) is -0.222. The van der Waals surface area contributed by atoms with Crippen LogP contribution in [0.3, 0.4) is 0 Å². The fourth-order valence-corrected chi connectivity index (χ4v) is 4.45. The Morgan fingerprint density at radius 3 is 2.32 bits per heavy atom. The number of halogens is 3. The van der Waals surface area contributed by atoms with Gasteiger partial charge in [0.1, 0.15) is 23.3 Å². The average Bonchev–Trinajstić information content (AvgIpc) is 2.84. The summed E-state index contributed by atoms with van der Waals surface area (Å²) in [6.45, 7) is 2.19. The minimum Gasteiger partial charge on any atom is -0.368 e. The minimum atomic E-state index is -0.950. The van der Waals surface area contributed by atoms with Crippen molar-refractivity contribution in [1.82, 2.24) is 4.90 Å². The van der Waals surface area contributed by atoms with Gasteiger partial charge in [-0.25, -0.2) is 8.78 Å². The third-order valence-electron chi connectivity index (χ3n) is 6.27. The number of carbonyl (C=O) groups is 1. The molecule has 178 valence electrons. The molecule has 1 heterocycles. The van der Waals surface area contributed by atoms with Gasteiger partial charge in [0.15, 0.2) is 0 Å². The van der Waals surface area contributed by atoms with Crippen LogP contribution in [0.5, 0.6) is 0 Å². The highest BCUT2D eigenvalue weighted by molar-refractivity contribution is 6.30. The number of carbonyl (C=O) groups excluding carboxylic acids is 1. The third kappa shape index (κ3) is 5.30. The number of piperidine rings is 1. The SMILES string of the molecule is CC(=O)N1CCC(OCc2ccccc2)(c2ccc(Cl)cc2)C(OCc2c(F)cccc2F)C1. The Morgan fingerprint density at radius 1 is 1.00 bits per heavy atom. The summed E-state index contributed by atoms with van der Waals surface area (Å²) < 4.78 is 41.4. The van der Waals surface area contributed by atoms with E-state index in [-0.39, 0.29) is 24.6 Å². The fourth-order valence-electron chi connectivity index (χ4n) is 4.33. The van der Waals surface area contributed by atoms with Gasteiger partial charge in [0.25, 0.3) is 0 Å². The van der Waals surface area contributed by atoms with Crippen molar-refractivity contribution in [3.8, 4) is 0 Å². The summed E-state index contributed by atoms with van der Waals surface area (Å²) in [4.78, 5) is 13.9. The first-order valence-electron chi connectivity index (χ1n) is 11.1. The van der Waals surface area contributed by atoms with Crippen molar-refractivity contribution >= 4 is 17.5 Å². The Morgan fingerprint density at radius 2 is 1.68 bits per heavy atom. The number of benzene rings is 3. The lowest BCUT2D eigenvalue weighted by Gasteiger charge is -2.47. The van der Waals surface area contributed by atoms with Crippen LogP contribution >= 0.6 is 11.6 Å². The van der Waals surface area contributed by atoms with E-state index in [1.807, 2.05) is 42.5 Å². The number of hydrogen-bond acceptors (Lipinski definition) is 3. The molecule has 1 aliphatic heterocycles. The molecule has 0 radical (unpaired) electrons. The number of nitrogens with zero attached hydrogens (tertiary/aromatic N) is 1. The quantitative estimate of drug-likeness (QED) is 0.420. The van der Waals surface area contributed by atoms with E-state index in [9.17, 15) is 13.6 Å². The molecule has 4 rings (SSSR count). The van der Waals surface area contributed by atoms with Crippen LogP contribution in [0.2, 0.25) is 5.02 Å².